The summed E-state index contributed by atoms with van der Waals surface area (Å²) >= 11 is 0. The number of aliphatic hydroxyl groups excluding tert-OH is 1. The quantitative estimate of drug-likeness (QED) is 0.589. The standard InChI is InChI=1S/C15H24N2O2/c16-12-14-8-4-3-7-13(14)11-15(19)17-9-5-1-2-6-10-18/h3-4,7-8,18H,1-2,5-6,9-12,16H2,(H,17,19). The summed E-state index contributed by atoms with van der Waals surface area (Å²) in [7, 11) is 0. The van der Waals surface area contributed by atoms with Crippen molar-refractivity contribution < 1.29 is 9.90 Å². The van der Waals surface area contributed by atoms with Gasteiger partial charge in [-0.25, -0.2) is 0 Å². The summed E-state index contributed by atoms with van der Waals surface area (Å²) in [6.45, 7) is 1.42. The Bertz CT molecular complexity index is 380. The first kappa shape index (κ1) is 15.7. The molecular formula is C15H24N2O2. The van der Waals surface area contributed by atoms with E-state index < -0.39 is 0 Å². The topological polar surface area (TPSA) is 75.4 Å². The minimum Gasteiger partial charge on any atom is -0.396 e. The maximum absolute atomic E-state index is 11.8. The number of nitrogens with one attached hydrogen (secondary N) is 1. The lowest BCUT2D eigenvalue weighted by molar-refractivity contribution is -0.120. The van der Waals surface area contributed by atoms with Crippen molar-refractivity contribution in [3.05, 3.63) is 35.4 Å². The minimum atomic E-state index is 0.0445. The number of carbonyl (C=O) groups excluding carboxylic acids is 1. The normalized spacial score (nSPS) is 10.4. The molecule has 0 aromatic heterocycles. The van der Waals surface area contributed by atoms with Gasteiger partial charge >= 0.3 is 0 Å². The number of carbonyl (C=O) groups is 1. The van der Waals surface area contributed by atoms with Crippen molar-refractivity contribution in [2.24, 2.45) is 5.73 Å². The monoisotopic (exact) mass is 264 g/mol. The molecule has 4 heteroatoms. The summed E-state index contributed by atoms with van der Waals surface area (Å²) in [5, 5.41) is 11.6. The Hall–Kier alpha value is -1.39. The van der Waals surface area contributed by atoms with Gasteiger partial charge in [0.25, 0.3) is 0 Å². The van der Waals surface area contributed by atoms with Crippen molar-refractivity contribution in [2.75, 3.05) is 13.2 Å². The predicted octanol–water partition coefficient (Wildman–Crippen LogP) is 1.36. The van der Waals surface area contributed by atoms with Crippen molar-refractivity contribution in [1.29, 1.82) is 0 Å². The van der Waals surface area contributed by atoms with Crippen LogP contribution in [0.2, 0.25) is 0 Å². The fourth-order valence-corrected chi connectivity index (χ4v) is 1.98. The van der Waals surface area contributed by atoms with Crippen molar-refractivity contribution in [2.45, 2.75) is 38.6 Å². The first-order valence-electron chi connectivity index (χ1n) is 6.92. The van der Waals surface area contributed by atoms with Gasteiger partial charge in [0.1, 0.15) is 0 Å². The zero-order valence-corrected chi connectivity index (χ0v) is 11.4. The van der Waals surface area contributed by atoms with Gasteiger partial charge in [-0.1, -0.05) is 37.1 Å². The number of hydrogen-bond acceptors (Lipinski definition) is 3. The molecule has 0 fully saturated rings. The SMILES string of the molecule is NCc1ccccc1CC(=O)NCCCCCCO. The summed E-state index contributed by atoms with van der Waals surface area (Å²) < 4.78 is 0. The van der Waals surface area contributed by atoms with E-state index in [1.165, 1.54) is 0 Å². The summed E-state index contributed by atoms with van der Waals surface area (Å²) in [5.74, 6) is 0.0445. The number of nitrogens with two attached hydrogens (primary N) is 1. The van der Waals surface area contributed by atoms with Crippen molar-refractivity contribution in [1.82, 2.24) is 5.32 Å². The van der Waals surface area contributed by atoms with Crippen LogP contribution in [0.1, 0.15) is 36.8 Å². The Morgan fingerprint density at radius 1 is 1.11 bits per heavy atom. The molecule has 1 aromatic carbocycles. The van der Waals surface area contributed by atoms with Crippen LogP contribution in [0.5, 0.6) is 0 Å². The molecule has 0 spiro atoms. The molecule has 19 heavy (non-hydrogen) atoms. The Kier molecular flexibility index (Phi) is 7.86. The Morgan fingerprint density at radius 2 is 1.79 bits per heavy atom. The molecule has 0 atom stereocenters. The number of unbranched alkanes of at least 4 members (excludes halogenated alkanes) is 3. The molecule has 0 heterocycles. The molecule has 4 N–H and O–H groups in total. The maximum Gasteiger partial charge on any atom is 0.224 e. The third kappa shape index (κ3) is 6.36. The first-order valence-corrected chi connectivity index (χ1v) is 6.92. The average Bonchev–Trinajstić information content (AvgIpc) is 2.43. The van der Waals surface area contributed by atoms with Crippen LogP contribution in [0.4, 0.5) is 0 Å². The lowest BCUT2D eigenvalue weighted by Crippen LogP contribution is -2.26. The number of amides is 1. The van der Waals surface area contributed by atoms with E-state index in [1.807, 2.05) is 24.3 Å². The molecule has 106 valence electrons. The van der Waals surface area contributed by atoms with Crippen LogP contribution in [0.25, 0.3) is 0 Å². The predicted molar refractivity (Wildman–Crippen MR) is 76.6 cm³/mol. The lowest BCUT2D eigenvalue weighted by atomic mass is 10.0. The van der Waals surface area contributed by atoms with Gasteiger partial charge < -0.3 is 16.2 Å². The Balaban J connectivity index is 2.23. The summed E-state index contributed by atoms with van der Waals surface area (Å²) in [6, 6.07) is 7.77. The van der Waals surface area contributed by atoms with Crippen molar-refractivity contribution >= 4 is 5.91 Å². The number of rotatable bonds is 9. The van der Waals surface area contributed by atoms with Crippen molar-refractivity contribution in [3.8, 4) is 0 Å². The van der Waals surface area contributed by atoms with E-state index in [4.69, 9.17) is 10.8 Å². The van der Waals surface area contributed by atoms with Gasteiger partial charge in [-0.05, 0) is 24.0 Å². The third-order valence-electron chi connectivity index (χ3n) is 3.10. The van der Waals surface area contributed by atoms with Crippen LogP contribution in [-0.4, -0.2) is 24.2 Å². The van der Waals surface area contributed by atoms with Gasteiger partial charge in [-0.2, -0.15) is 0 Å². The van der Waals surface area contributed by atoms with E-state index in [0.29, 0.717) is 19.5 Å². The van der Waals surface area contributed by atoms with Gasteiger partial charge in [-0.3, -0.25) is 4.79 Å². The number of hydrogen-bond donors (Lipinski definition) is 3. The maximum atomic E-state index is 11.8. The van der Waals surface area contributed by atoms with Gasteiger partial charge in [0, 0.05) is 19.7 Å². The molecule has 1 aromatic rings. The van der Waals surface area contributed by atoms with E-state index >= 15 is 0 Å². The molecule has 4 nitrogen and oxygen atoms in total. The zero-order valence-electron chi connectivity index (χ0n) is 11.4. The summed E-state index contributed by atoms with van der Waals surface area (Å²) in [6.07, 6.45) is 4.26. The van der Waals surface area contributed by atoms with Gasteiger partial charge in [0.2, 0.25) is 5.91 Å². The molecule has 0 aliphatic rings. The summed E-state index contributed by atoms with van der Waals surface area (Å²) in [5.41, 5.74) is 7.67. The molecule has 0 unspecified atom stereocenters. The Labute approximate surface area is 115 Å². The fourth-order valence-electron chi connectivity index (χ4n) is 1.98. The van der Waals surface area contributed by atoms with Crippen LogP contribution in [0, 0.1) is 0 Å². The van der Waals surface area contributed by atoms with Crippen LogP contribution in [0.3, 0.4) is 0 Å². The highest BCUT2D eigenvalue weighted by molar-refractivity contribution is 5.78. The van der Waals surface area contributed by atoms with Crippen LogP contribution < -0.4 is 11.1 Å². The number of aliphatic hydroxyl groups is 1. The van der Waals surface area contributed by atoms with E-state index in [9.17, 15) is 4.79 Å². The molecule has 0 saturated heterocycles. The molecule has 0 saturated carbocycles. The van der Waals surface area contributed by atoms with E-state index in [1.54, 1.807) is 0 Å². The molecule has 0 aliphatic carbocycles. The lowest BCUT2D eigenvalue weighted by Gasteiger charge is -2.08. The molecule has 1 amide bonds. The van der Waals surface area contributed by atoms with E-state index in [0.717, 1.165) is 36.8 Å². The number of benzene rings is 1. The van der Waals surface area contributed by atoms with Crippen LogP contribution in [0.15, 0.2) is 24.3 Å². The highest BCUT2D eigenvalue weighted by atomic mass is 16.2. The van der Waals surface area contributed by atoms with Crippen LogP contribution >= 0.6 is 0 Å². The van der Waals surface area contributed by atoms with Gasteiger partial charge in [0.05, 0.1) is 6.42 Å². The summed E-state index contributed by atoms with van der Waals surface area (Å²) in [4.78, 5) is 11.8. The zero-order chi connectivity index (χ0) is 13.9. The van der Waals surface area contributed by atoms with Crippen molar-refractivity contribution in [3.63, 3.8) is 0 Å². The van der Waals surface area contributed by atoms with E-state index in [-0.39, 0.29) is 12.5 Å². The molecular weight excluding hydrogens is 240 g/mol. The molecule has 0 radical (unpaired) electrons. The average molecular weight is 264 g/mol. The van der Waals surface area contributed by atoms with Gasteiger partial charge in [0.15, 0.2) is 0 Å². The first-order chi connectivity index (χ1) is 9.27. The minimum absolute atomic E-state index is 0.0445. The van der Waals surface area contributed by atoms with Crippen LogP contribution in [-0.2, 0) is 17.8 Å². The highest BCUT2D eigenvalue weighted by Gasteiger charge is 2.06. The largest absolute Gasteiger partial charge is 0.396 e. The smallest absolute Gasteiger partial charge is 0.224 e. The second-order valence-electron chi connectivity index (χ2n) is 4.64. The van der Waals surface area contributed by atoms with E-state index in [2.05, 4.69) is 5.32 Å². The second-order valence-corrected chi connectivity index (χ2v) is 4.64. The highest BCUT2D eigenvalue weighted by Crippen LogP contribution is 2.08. The molecule has 0 bridgehead atoms. The third-order valence-corrected chi connectivity index (χ3v) is 3.10. The Morgan fingerprint density at radius 3 is 2.47 bits per heavy atom. The molecule has 1 rings (SSSR count). The van der Waals surface area contributed by atoms with Gasteiger partial charge in [-0.15, -0.1) is 0 Å². The molecule has 0 aliphatic heterocycles. The second kappa shape index (κ2) is 9.53. The fraction of sp³-hybridized carbons (Fsp3) is 0.533.